The summed E-state index contributed by atoms with van der Waals surface area (Å²) in [4.78, 5) is 7.34. The Morgan fingerprint density at radius 3 is 1.93 bits per heavy atom. The highest BCUT2D eigenvalue weighted by atomic mass is 16.3. The Labute approximate surface area is 317 Å². The Morgan fingerprint density at radius 1 is 0.400 bits per heavy atom. The van der Waals surface area contributed by atoms with Crippen LogP contribution in [-0.4, -0.2) is 4.98 Å². The Balaban J connectivity index is 1.20. The molecule has 4 heteroatoms. The molecule has 0 spiro atoms. The van der Waals surface area contributed by atoms with Gasteiger partial charge in [0.1, 0.15) is 16.7 Å². The van der Waals surface area contributed by atoms with Crippen molar-refractivity contribution in [1.29, 1.82) is 0 Å². The molecule has 0 unspecified atom stereocenters. The number of para-hydroxylation sites is 3. The van der Waals surface area contributed by atoms with Crippen molar-refractivity contribution in [3.8, 4) is 33.7 Å². The maximum absolute atomic E-state index is 6.70. The third kappa shape index (κ3) is 5.11. The Morgan fingerprint density at radius 2 is 1.09 bits per heavy atom. The maximum atomic E-state index is 6.70. The number of rotatable bonds is 6. The third-order valence-electron chi connectivity index (χ3n) is 10.7. The lowest BCUT2D eigenvalue weighted by molar-refractivity contribution is 0.623. The van der Waals surface area contributed by atoms with E-state index in [4.69, 9.17) is 13.8 Å². The van der Waals surface area contributed by atoms with Gasteiger partial charge in [-0.3, -0.25) is 0 Å². The zero-order valence-electron chi connectivity index (χ0n) is 29.7. The van der Waals surface area contributed by atoms with Gasteiger partial charge in [0.15, 0.2) is 5.58 Å². The fourth-order valence-corrected chi connectivity index (χ4v) is 8.21. The molecule has 4 nitrogen and oxygen atoms in total. The van der Waals surface area contributed by atoms with Gasteiger partial charge in [-0.15, -0.1) is 0 Å². The van der Waals surface area contributed by atoms with Crippen molar-refractivity contribution in [1.82, 2.24) is 4.98 Å². The van der Waals surface area contributed by atoms with E-state index in [1.54, 1.807) is 0 Å². The lowest BCUT2D eigenvalue weighted by Gasteiger charge is -2.28. The third-order valence-corrected chi connectivity index (χ3v) is 10.7. The van der Waals surface area contributed by atoms with E-state index < -0.39 is 0 Å². The molecule has 2 heterocycles. The van der Waals surface area contributed by atoms with Gasteiger partial charge >= 0.3 is 0 Å². The molecule has 2 aromatic heterocycles. The first-order valence-corrected chi connectivity index (χ1v) is 18.5. The number of hydrogen-bond donors (Lipinski definition) is 0. The summed E-state index contributed by atoms with van der Waals surface area (Å²) in [7, 11) is 0. The number of aromatic nitrogens is 1. The molecule has 0 aliphatic heterocycles. The van der Waals surface area contributed by atoms with Crippen molar-refractivity contribution in [2.45, 2.75) is 0 Å². The summed E-state index contributed by atoms with van der Waals surface area (Å²) in [6, 6.07) is 68.1. The van der Waals surface area contributed by atoms with E-state index in [1.165, 1.54) is 5.56 Å². The van der Waals surface area contributed by atoms with Crippen LogP contribution in [0.3, 0.4) is 0 Å². The number of nitrogens with zero attached hydrogens (tertiary/aromatic N) is 2. The standard InChI is InChI=1S/C51H32N2O2/c1-4-15-33(16-5-1)42-31-35-27-30-44-50(55-51(52-44)34-17-6-2-7-18-34)48(35)43-32-37(28-29-38(42)43)53(36-19-8-3-9-20-36)45-24-12-10-21-39(45)40-23-14-26-47-49(40)41-22-11-13-25-46(41)54-47/h1-32H. The largest absolute Gasteiger partial charge is 0.456 e. The second-order valence-electron chi connectivity index (χ2n) is 13.9. The molecule has 11 aromatic rings. The van der Waals surface area contributed by atoms with Crippen molar-refractivity contribution < 1.29 is 8.83 Å². The molecule has 0 fully saturated rings. The number of benzene rings is 9. The van der Waals surface area contributed by atoms with Gasteiger partial charge in [-0.05, 0) is 99.6 Å². The minimum Gasteiger partial charge on any atom is -0.456 e. The quantitative estimate of drug-likeness (QED) is 0.162. The van der Waals surface area contributed by atoms with Gasteiger partial charge < -0.3 is 13.7 Å². The molecular weight excluding hydrogens is 673 g/mol. The van der Waals surface area contributed by atoms with Crippen molar-refractivity contribution in [3.63, 3.8) is 0 Å². The van der Waals surface area contributed by atoms with Crippen LogP contribution in [0, 0.1) is 0 Å². The summed E-state index contributed by atoms with van der Waals surface area (Å²) >= 11 is 0. The molecule has 258 valence electrons. The van der Waals surface area contributed by atoms with Crippen molar-refractivity contribution in [3.05, 3.63) is 194 Å². The van der Waals surface area contributed by atoms with Gasteiger partial charge in [-0.2, -0.15) is 0 Å². The van der Waals surface area contributed by atoms with E-state index in [0.29, 0.717) is 5.89 Å². The predicted molar refractivity (Wildman–Crippen MR) is 227 cm³/mol. The molecule has 0 radical (unpaired) electrons. The van der Waals surface area contributed by atoms with Crippen LogP contribution in [0.2, 0.25) is 0 Å². The molecule has 0 N–H and O–H groups in total. The molecule has 0 bridgehead atoms. The summed E-state index contributed by atoms with van der Waals surface area (Å²) in [5.74, 6) is 0.611. The van der Waals surface area contributed by atoms with Crippen molar-refractivity contribution in [2.75, 3.05) is 4.90 Å². The monoisotopic (exact) mass is 704 g/mol. The fraction of sp³-hybridized carbons (Fsp3) is 0. The zero-order valence-corrected chi connectivity index (χ0v) is 29.7. The number of furan rings is 1. The van der Waals surface area contributed by atoms with E-state index in [9.17, 15) is 0 Å². The van der Waals surface area contributed by atoms with Crippen LogP contribution in [0.4, 0.5) is 17.1 Å². The molecule has 0 aliphatic carbocycles. The van der Waals surface area contributed by atoms with Gasteiger partial charge in [-0.25, -0.2) is 4.98 Å². The molecule has 0 aliphatic rings. The van der Waals surface area contributed by atoms with Crippen LogP contribution >= 0.6 is 0 Å². The number of anilines is 3. The lowest BCUT2D eigenvalue weighted by atomic mass is 9.92. The highest BCUT2D eigenvalue weighted by molar-refractivity contribution is 6.22. The normalized spacial score (nSPS) is 11.6. The summed E-state index contributed by atoms with van der Waals surface area (Å²) in [5.41, 5.74) is 12.0. The topological polar surface area (TPSA) is 42.4 Å². The summed E-state index contributed by atoms with van der Waals surface area (Å²) in [6.45, 7) is 0. The van der Waals surface area contributed by atoms with Crippen LogP contribution < -0.4 is 4.90 Å². The van der Waals surface area contributed by atoms with Gasteiger partial charge in [0.2, 0.25) is 5.89 Å². The summed E-state index contributed by atoms with van der Waals surface area (Å²) in [5, 5.41) is 6.58. The molecule has 11 rings (SSSR count). The van der Waals surface area contributed by atoms with Gasteiger partial charge in [-0.1, -0.05) is 127 Å². The molecule has 0 saturated heterocycles. The smallest absolute Gasteiger partial charge is 0.227 e. The van der Waals surface area contributed by atoms with E-state index >= 15 is 0 Å². The molecule has 55 heavy (non-hydrogen) atoms. The molecule has 0 saturated carbocycles. The fourth-order valence-electron chi connectivity index (χ4n) is 8.21. The predicted octanol–water partition coefficient (Wildman–Crippen LogP) is 14.5. The number of hydrogen-bond acceptors (Lipinski definition) is 4. The SMILES string of the molecule is c1ccc(-c2nc3ccc4cc(-c5ccccc5)c5ccc(N(c6ccccc6)c6ccccc6-c6cccc7oc8ccccc8c67)cc5c4c3o2)cc1. The van der Waals surface area contributed by atoms with Gasteiger partial charge in [0, 0.05) is 38.7 Å². The second-order valence-corrected chi connectivity index (χ2v) is 13.9. The molecular formula is C51H32N2O2. The number of fused-ring (bicyclic) bond motifs is 8. The molecule has 0 atom stereocenters. The average Bonchev–Trinajstić information content (AvgIpc) is 3.87. The van der Waals surface area contributed by atoms with E-state index in [1.807, 2.05) is 42.5 Å². The Kier molecular flexibility index (Phi) is 7.14. The van der Waals surface area contributed by atoms with Crippen LogP contribution in [-0.2, 0) is 0 Å². The summed E-state index contributed by atoms with van der Waals surface area (Å²) in [6.07, 6.45) is 0. The maximum Gasteiger partial charge on any atom is 0.227 e. The minimum absolute atomic E-state index is 0.611. The lowest BCUT2D eigenvalue weighted by Crippen LogP contribution is -2.11. The highest BCUT2D eigenvalue weighted by Crippen LogP contribution is 2.47. The van der Waals surface area contributed by atoms with Crippen molar-refractivity contribution >= 4 is 71.6 Å². The first kappa shape index (κ1) is 31.1. The first-order valence-electron chi connectivity index (χ1n) is 18.5. The van der Waals surface area contributed by atoms with Crippen LogP contribution in [0.5, 0.6) is 0 Å². The summed E-state index contributed by atoms with van der Waals surface area (Å²) < 4.78 is 13.1. The van der Waals surface area contributed by atoms with Crippen LogP contribution in [0.1, 0.15) is 0 Å². The van der Waals surface area contributed by atoms with E-state index in [0.717, 1.165) is 93.9 Å². The number of oxazole rings is 1. The van der Waals surface area contributed by atoms with Crippen LogP contribution in [0.15, 0.2) is 203 Å². The highest BCUT2D eigenvalue weighted by Gasteiger charge is 2.22. The van der Waals surface area contributed by atoms with E-state index in [2.05, 4.69) is 157 Å². The van der Waals surface area contributed by atoms with Crippen LogP contribution in [0.25, 0.3) is 88.3 Å². The minimum atomic E-state index is 0.611. The Bertz CT molecular complexity index is 3200. The van der Waals surface area contributed by atoms with Gasteiger partial charge in [0.05, 0.1) is 5.69 Å². The van der Waals surface area contributed by atoms with Crippen molar-refractivity contribution in [2.24, 2.45) is 0 Å². The molecule has 9 aromatic carbocycles. The second kappa shape index (κ2) is 12.6. The first-order chi connectivity index (χ1) is 27.3. The zero-order chi connectivity index (χ0) is 36.3. The van der Waals surface area contributed by atoms with Gasteiger partial charge in [0.25, 0.3) is 0 Å². The average molecular weight is 705 g/mol. The van der Waals surface area contributed by atoms with E-state index in [-0.39, 0.29) is 0 Å². The Hall–Kier alpha value is -7.43. The molecule has 0 amide bonds.